The van der Waals surface area contributed by atoms with E-state index in [1.54, 1.807) is 0 Å². The molecule has 5 aromatic carbocycles. The van der Waals surface area contributed by atoms with Gasteiger partial charge in [-0.1, -0.05) is 97.1 Å². The molecule has 0 aliphatic rings. The first-order valence-electron chi connectivity index (χ1n) is 10.8. The fraction of sp³-hybridized carbons (Fsp3) is 0. The molecular formula is C30H21NO. The molecule has 6 rings (SSSR count). The Hall–Kier alpha value is -4.30. The zero-order valence-corrected chi connectivity index (χ0v) is 17.5. The van der Waals surface area contributed by atoms with Gasteiger partial charge in [0.25, 0.3) is 0 Å². The van der Waals surface area contributed by atoms with Crippen LogP contribution in [-0.4, -0.2) is 0 Å². The second-order valence-corrected chi connectivity index (χ2v) is 7.89. The van der Waals surface area contributed by atoms with E-state index in [-0.39, 0.29) is 0 Å². The zero-order valence-electron chi connectivity index (χ0n) is 17.5. The van der Waals surface area contributed by atoms with Crippen LogP contribution in [-0.2, 0) is 0 Å². The first-order chi connectivity index (χ1) is 15.9. The van der Waals surface area contributed by atoms with Gasteiger partial charge in [0.15, 0.2) is 0 Å². The van der Waals surface area contributed by atoms with Crippen LogP contribution >= 0.6 is 0 Å². The highest BCUT2D eigenvalue weighted by atomic mass is 16.3. The summed E-state index contributed by atoms with van der Waals surface area (Å²) in [7, 11) is 0. The lowest BCUT2D eigenvalue weighted by Gasteiger charge is -2.13. The molecule has 0 saturated heterocycles. The SMILES string of the molecule is c1ccc(-c2ccc(Nc3ccccc3-c3cccc4c3oc3ccccc34)cc2)cc1. The Morgan fingerprint density at radius 1 is 0.469 bits per heavy atom. The Bertz CT molecular complexity index is 1530. The first kappa shape index (κ1) is 18.5. The van der Waals surface area contributed by atoms with Gasteiger partial charge in [0.2, 0.25) is 0 Å². The molecule has 1 aromatic heterocycles. The molecule has 2 heteroatoms. The molecule has 6 aromatic rings. The summed E-state index contributed by atoms with van der Waals surface area (Å²) in [4.78, 5) is 0. The van der Waals surface area contributed by atoms with Crippen molar-refractivity contribution < 1.29 is 4.42 Å². The standard InChI is InChI=1S/C30H21NO/c1-2-9-21(10-3-1)22-17-19-23(20-18-22)31-28-15-6-4-11-24(28)26-13-8-14-27-25-12-5-7-16-29(25)32-30(26)27/h1-20,31H. The van der Waals surface area contributed by atoms with Crippen molar-refractivity contribution >= 4 is 33.3 Å². The predicted molar refractivity (Wildman–Crippen MR) is 134 cm³/mol. The van der Waals surface area contributed by atoms with E-state index in [1.165, 1.54) is 11.1 Å². The third-order valence-electron chi connectivity index (χ3n) is 5.89. The molecule has 32 heavy (non-hydrogen) atoms. The van der Waals surface area contributed by atoms with E-state index < -0.39 is 0 Å². The van der Waals surface area contributed by atoms with Crippen molar-refractivity contribution in [1.29, 1.82) is 0 Å². The second kappa shape index (κ2) is 7.75. The van der Waals surface area contributed by atoms with Crippen molar-refractivity contribution in [3.63, 3.8) is 0 Å². The number of rotatable bonds is 4. The Balaban J connectivity index is 1.40. The van der Waals surface area contributed by atoms with Crippen molar-refractivity contribution in [2.45, 2.75) is 0 Å². The summed E-state index contributed by atoms with van der Waals surface area (Å²) in [5.41, 5.74) is 8.56. The van der Waals surface area contributed by atoms with Crippen LogP contribution in [0.4, 0.5) is 11.4 Å². The quantitative estimate of drug-likeness (QED) is 0.314. The van der Waals surface area contributed by atoms with Crippen LogP contribution in [0.2, 0.25) is 0 Å². The van der Waals surface area contributed by atoms with Gasteiger partial charge in [0, 0.05) is 33.3 Å². The average Bonchev–Trinajstić information content (AvgIpc) is 3.24. The number of furan rings is 1. The minimum atomic E-state index is 0.914. The number of hydrogen-bond acceptors (Lipinski definition) is 2. The summed E-state index contributed by atoms with van der Waals surface area (Å²) in [6.45, 7) is 0. The second-order valence-electron chi connectivity index (χ2n) is 7.89. The summed E-state index contributed by atoms with van der Waals surface area (Å²) in [5.74, 6) is 0. The number of para-hydroxylation sites is 3. The molecule has 0 aliphatic heterocycles. The van der Waals surface area contributed by atoms with Gasteiger partial charge in [-0.3, -0.25) is 0 Å². The Labute approximate surface area is 186 Å². The number of hydrogen-bond donors (Lipinski definition) is 1. The maximum absolute atomic E-state index is 6.28. The lowest BCUT2D eigenvalue weighted by Crippen LogP contribution is -1.93. The van der Waals surface area contributed by atoms with Gasteiger partial charge in [-0.25, -0.2) is 0 Å². The predicted octanol–water partition coefficient (Wildman–Crippen LogP) is 8.66. The summed E-state index contributed by atoms with van der Waals surface area (Å²) in [5, 5.41) is 5.89. The summed E-state index contributed by atoms with van der Waals surface area (Å²) in [6.07, 6.45) is 0. The van der Waals surface area contributed by atoms with Gasteiger partial charge in [-0.15, -0.1) is 0 Å². The number of fused-ring (bicyclic) bond motifs is 3. The van der Waals surface area contributed by atoms with E-state index in [1.807, 2.05) is 18.2 Å². The minimum absolute atomic E-state index is 0.914. The number of nitrogens with one attached hydrogen (secondary N) is 1. The van der Waals surface area contributed by atoms with Crippen LogP contribution in [0.15, 0.2) is 126 Å². The summed E-state index contributed by atoms with van der Waals surface area (Å²) >= 11 is 0. The zero-order chi connectivity index (χ0) is 21.3. The Kier molecular flexibility index (Phi) is 4.47. The van der Waals surface area contributed by atoms with Crippen molar-refractivity contribution in [1.82, 2.24) is 0 Å². The molecule has 0 atom stereocenters. The molecule has 0 bridgehead atoms. The van der Waals surface area contributed by atoms with Crippen molar-refractivity contribution in [3.8, 4) is 22.3 Å². The van der Waals surface area contributed by atoms with Gasteiger partial charge in [-0.05, 0) is 35.4 Å². The highest BCUT2D eigenvalue weighted by Gasteiger charge is 2.14. The highest BCUT2D eigenvalue weighted by molar-refractivity contribution is 6.10. The summed E-state index contributed by atoms with van der Waals surface area (Å²) < 4.78 is 6.28. The third-order valence-corrected chi connectivity index (χ3v) is 5.89. The van der Waals surface area contributed by atoms with Gasteiger partial charge in [0.1, 0.15) is 11.2 Å². The average molecular weight is 412 g/mol. The maximum Gasteiger partial charge on any atom is 0.143 e. The van der Waals surface area contributed by atoms with E-state index >= 15 is 0 Å². The monoisotopic (exact) mass is 411 g/mol. The fourth-order valence-electron chi connectivity index (χ4n) is 4.32. The van der Waals surface area contributed by atoms with Crippen LogP contribution in [0.3, 0.4) is 0 Å². The van der Waals surface area contributed by atoms with Gasteiger partial charge in [0.05, 0.1) is 0 Å². The normalized spacial score (nSPS) is 11.1. The molecule has 2 nitrogen and oxygen atoms in total. The molecule has 1 heterocycles. The number of benzene rings is 5. The van der Waals surface area contributed by atoms with Gasteiger partial charge >= 0.3 is 0 Å². The molecule has 0 spiro atoms. The van der Waals surface area contributed by atoms with Crippen molar-refractivity contribution in [2.24, 2.45) is 0 Å². The molecule has 1 N–H and O–H groups in total. The largest absolute Gasteiger partial charge is 0.455 e. The van der Waals surface area contributed by atoms with Crippen molar-refractivity contribution in [3.05, 3.63) is 121 Å². The van der Waals surface area contributed by atoms with E-state index in [4.69, 9.17) is 4.42 Å². The molecule has 0 amide bonds. The topological polar surface area (TPSA) is 25.2 Å². The molecule has 0 radical (unpaired) electrons. The first-order valence-corrected chi connectivity index (χ1v) is 10.8. The molecule has 0 aliphatic carbocycles. The molecule has 152 valence electrons. The molecule has 0 unspecified atom stereocenters. The van der Waals surface area contributed by atoms with E-state index in [9.17, 15) is 0 Å². The van der Waals surface area contributed by atoms with E-state index in [0.29, 0.717) is 0 Å². The molecule has 0 saturated carbocycles. The van der Waals surface area contributed by atoms with Crippen molar-refractivity contribution in [2.75, 3.05) is 5.32 Å². The third kappa shape index (κ3) is 3.23. The Morgan fingerprint density at radius 2 is 1.12 bits per heavy atom. The van der Waals surface area contributed by atoms with E-state index in [0.717, 1.165) is 44.4 Å². The molecular weight excluding hydrogens is 390 g/mol. The van der Waals surface area contributed by atoms with Crippen LogP contribution < -0.4 is 5.32 Å². The maximum atomic E-state index is 6.28. The molecule has 0 fully saturated rings. The van der Waals surface area contributed by atoms with Crippen LogP contribution in [0.5, 0.6) is 0 Å². The minimum Gasteiger partial charge on any atom is -0.455 e. The van der Waals surface area contributed by atoms with E-state index in [2.05, 4.69) is 108 Å². The number of anilines is 2. The highest BCUT2D eigenvalue weighted by Crippen LogP contribution is 2.39. The van der Waals surface area contributed by atoms with Crippen LogP contribution in [0.1, 0.15) is 0 Å². The lowest BCUT2D eigenvalue weighted by molar-refractivity contribution is 0.670. The smallest absolute Gasteiger partial charge is 0.143 e. The van der Waals surface area contributed by atoms with Crippen LogP contribution in [0.25, 0.3) is 44.2 Å². The van der Waals surface area contributed by atoms with Gasteiger partial charge < -0.3 is 9.73 Å². The van der Waals surface area contributed by atoms with Crippen LogP contribution in [0, 0.1) is 0 Å². The van der Waals surface area contributed by atoms with Gasteiger partial charge in [-0.2, -0.15) is 0 Å². The fourth-order valence-corrected chi connectivity index (χ4v) is 4.32. The lowest BCUT2D eigenvalue weighted by atomic mass is 10.0. The Morgan fingerprint density at radius 3 is 2.00 bits per heavy atom. The summed E-state index contributed by atoms with van der Waals surface area (Å²) in [6, 6.07) is 41.9.